The number of nitrogens with one attached hydrogen (secondary N) is 2. The number of carboxylic acids is 1. The van der Waals surface area contributed by atoms with Gasteiger partial charge in [0.1, 0.15) is 6.54 Å². The fourth-order valence-corrected chi connectivity index (χ4v) is 1.37. The van der Waals surface area contributed by atoms with Gasteiger partial charge >= 0.3 is 12.0 Å². The van der Waals surface area contributed by atoms with Gasteiger partial charge in [0.05, 0.1) is 5.92 Å². The van der Waals surface area contributed by atoms with E-state index in [1.807, 2.05) is 6.92 Å². The number of nitrogens with zero attached hydrogens (tertiary/aromatic N) is 1. The van der Waals surface area contributed by atoms with E-state index < -0.39 is 17.9 Å². The molecule has 0 rings (SSSR count). The van der Waals surface area contributed by atoms with Gasteiger partial charge in [-0.25, -0.2) is 4.79 Å². The molecule has 0 aliphatic carbocycles. The number of amides is 3. The molecular weight excluding hydrogens is 238 g/mol. The topological polar surface area (TPSA) is 98.7 Å². The fourth-order valence-electron chi connectivity index (χ4n) is 1.37. The zero-order valence-corrected chi connectivity index (χ0v) is 11.0. The second kappa shape index (κ2) is 8.32. The molecule has 18 heavy (non-hydrogen) atoms. The molecule has 0 saturated heterocycles. The van der Waals surface area contributed by atoms with Gasteiger partial charge < -0.3 is 20.6 Å². The summed E-state index contributed by atoms with van der Waals surface area (Å²) >= 11 is 0. The molecule has 0 aromatic carbocycles. The van der Waals surface area contributed by atoms with Crippen molar-refractivity contribution in [1.82, 2.24) is 15.5 Å². The van der Waals surface area contributed by atoms with Crippen LogP contribution in [0.5, 0.6) is 0 Å². The van der Waals surface area contributed by atoms with E-state index in [0.29, 0.717) is 6.42 Å². The average Bonchev–Trinajstić information content (AvgIpc) is 2.33. The Labute approximate surface area is 107 Å². The first kappa shape index (κ1) is 16.2. The molecule has 0 fully saturated rings. The Kier molecular flexibility index (Phi) is 7.50. The number of aliphatic carboxylic acids is 1. The summed E-state index contributed by atoms with van der Waals surface area (Å²) in [5, 5.41) is 13.8. The monoisotopic (exact) mass is 259 g/mol. The van der Waals surface area contributed by atoms with Gasteiger partial charge in [0.2, 0.25) is 5.91 Å². The van der Waals surface area contributed by atoms with Gasteiger partial charge in [-0.15, -0.1) is 0 Å². The minimum atomic E-state index is -0.925. The minimum Gasteiger partial charge on any atom is -0.481 e. The molecule has 0 aliphatic heterocycles. The lowest BCUT2D eigenvalue weighted by molar-refractivity contribution is -0.141. The molecular formula is C11H21N3O4. The zero-order valence-electron chi connectivity index (χ0n) is 11.0. The van der Waals surface area contributed by atoms with Gasteiger partial charge in [-0.1, -0.05) is 13.3 Å². The summed E-state index contributed by atoms with van der Waals surface area (Å²) in [6.07, 6.45) is 1.25. The van der Waals surface area contributed by atoms with E-state index in [1.165, 1.54) is 19.0 Å². The van der Waals surface area contributed by atoms with Gasteiger partial charge in [-0.2, -0.15) is 0 Å². The number of rotatable bonds is 7. The molecule has 1 unspecified atom stereocenters. The number of likely N-dealkylation sites (N-methyl/N-ethyl adjacent to an activating group) is 2. The molecule has 0 saturated carbocycles. The molecule has 104 valence electrons. The second-order valence-electron chi connectivity index (χ2n) is 4.04. The van der Waals surface area contributed by atoms with Crippen LogP contribution in [-0.2, 0) is 9.59 Å². The predicted molar refractivity (Wildman–Crippen MR) is 66.1 cm³/mol. The first-order chi connectivity index (χ1) is 8.42. The van der Waals surface area contributed by atoms with Crippen LogP contribution in [0.15, 0.2) is 0 Å². The van der Waals surface area contributed by atoms with E-state index in [2.05, 4.69) is 10.6 Å². The van der Waals surface area contributed by atoms with E-state index in [9.17, 15) is 14.4 Å². The van der Waals surface area contributed by atoms with Crippen LogP contribution in [0.3, 0.4) is 0 Å². The maximum absolute atomic E-state index is 11.6. The van der Waals surface area contributed by atoms with E-state index in [-0.39, 0.29) is 19.0 Å². The van der Waals surface area contributed by atoms with Crippen molar-refractivity contribution in [1.29, 1.82) is 0 Å². The average molecular weight is 259 g/mol. The highest BCUT2D eigenvalue weighted by molar-refractivity contribution is 5.83. The molecule has 0 aromatic heterocycles. The van der Waals surface area contributed by atoms with Crippen molar-refractivity contribution >= 4 is 17.9 Å². The van der Waals surface area contributed by atoms with Crippen LogP contribution in [0.25, 0.3) is 0 Å². The van der Waals surface area contributed by atoms with Gasteiger partial charge in [0.15, 0.2) is 0 Å². The molecule has 0 radical (unpaired) electrons. The Morgan fingerprint density at radius 1 is 1.33 bits per heavy atom. The van der Waals surface area contributed by atoms with Crippen molar-refractivity contribution in [2.24, 2.45) is 5.92 Å². The van der Waals surface area contributed by atoms with Gasteiger partial charge in [-0.05, 0) is 6.42 Å². The number of hydrogen-bond acceptors (Lipinski definition) is 3. The third kappa shape index (κ3) is 6.07. The molecule has 1 atom stereocenters. The first-order valence-corrected chi connectivity index (χ1v) is 5.84. The largest absolute Gasteiger partial charge is 0.481 e. The summed E-state index contributed by atoms with van der Waals surface area (Å²) < 4.78 is 0. The van der Waals surface area contributed by atoms with E-state index in [4.69, 9.17) is 5.11 Å². The lowest BCUT2D eigenvalue weighted by Crippen LogP contribution is -2.44. The first-order valence-electron chi connectivity index (χ1n) is 5.84. The Morgan fingerprint density at radius 2 is 1.94 bits per heavy atom. The Morgan fingerprint density at radius 3 is 2.39 bits per heavy atom. The van der Waals surface area contributed by atoms with Crippen LogP contribution in [0, 0.1) is 5.92 Å². The van der Waals surface area contributed by atoms with E-state index >= 15 is 0 Å². The Hall–Kier alpha value is -1.79. The molecule has 3 amide bonds. The normalized spacial score (nSPS) is 11.5. The molecule has 3 N–H and O–H groups in total. The summed E-state index contributed by atoms with van der Waals surface area (Å²) in [6, 6.07) is -0.457. The van der Waals surface area contributed by atoms with Crippen molar-refractivity contribution < 1.29 is 19.5 Å². The SMILES string of the molecule is CCCC(CNC(=O)N(C)CC(=O)NC)C(=O)O. The third-order valence-electron chi connectivity index (χ3n) is 2.49. The van der Waals surface area contributed by atoms with Crippen molar-refractivity contribution in [3.63, 3.8) is 0 Å². The maximum Gasteiger partial charge on any atom is 0.317 e. The fraction of sp³-hybridized carbons (Fsp3) is 0.727. The molecule has 0 spiro atoms. The Balaban J connectivity index is 4.14. The summed E-state index contributed by atoms with van der Waals surface area (Å²) in [5.41, 5.74) is 0. The minimum absolute atomic E-state index is 0.0617. The maximum atomic E-state index is 11.6. The number of urea groups is 1. The van der Waals surface area contributed by atoms with Crippen molar-refractivity contribution in [3.05, 3.63) is 0 Å². The molecule has 0 bridgehead atoms. The molecule has 7 heteroatoms. The number of hydrogen-bond donors (Lipinski definition) is 3. The van der Waals surface area contributed by atoms with Crippen molar-refractivity contribution in [2.75, 3.05) is 27.2 Å². The molecule has 0 heterocycles. The van der Waals surface area contributed by atoms with Crippen LogP contribution in [0.1, 0.15) is 19.8 Å². The lowest BCUT2D eigenvalue weighted by atomic mass is 10.0. The summed E-state index contributed by atoms with van der Waals surface area (Å²) in [4.78, 5) is 34.7. The highest BCUT2D eigenvalue weighted by Crippen LogP contribution is 2.05. The van der Waals surface area contributed by atoms with Crippen LogP contribution >= 0.6 is 0 Å². The molecule has 0 aromatic rings. The van der Waals surface area contributed by atoms with Gasteiger partial charge in [0.25, 0.3) is 0 Å². The standard InChI is InChI=1S/C11H21N3O4/c1-4-5-8(10(16)17)6-13-11(18)14(3)7-9(15)12-2/h8H,4-7H2,1-3H3,(H,12,15)(H,13,18)(H,16,17). The number of carbonyl (C=O) groups excluding carboxylic acids is 2. The summed E-state index contributed by atoms with van der Waals surface area (Å²) in [5.74, 6) is -1.80. The summed E-state index contributed by atoms with van der Waals surface area (Å²) in [6.45, 7) is 1.89. The second-order valence-corrected chi connectivity index (χ2v) is 4.04. The highest BCUT2D eigenvalue weighted by Gasteiger charge is 2.18. The van der Waals surface area contributed by atoms with Crippen molar-refractivity contribution in [3.8, 4) is 0 Å². The van der Waals surface area contributed by atoms with Gasteiger partial charge in [-0.3, -0.25) is 9.59 Å². The Bertz CT molecular complexity index is 307. The quantitative estimate of drug-likeness (QED) is 0.593. The predicted octanol–water partition coefficient (Wildman–Crippen LogP) is -0.125. The van der Waals surface area contributed by atoms with Crippen LogP contribution in [0.2, 0.25) is 0 Å². The number of carbonyl (C=O) groups is 3. The smallest absolute Gasteiger partial charge is 0.317 e. The van der Waals surface area contributed by atoms with Gasteiger partial charge in [0, 0.05) is 20.6 Å². The highest BCUT2D eigenvalue weighted by atomic mass is 16.4. The van der Waals surface area contributed by atoms with Crippen LogP contribution in [0.4, 0.5) is 4.79 Å². The van der Waals surface area contributed by atoms with Crippen molar-refractivity contribution in [2.45, 2.75) is 19.8 Å². The summed E-state index contributed by atoms with van der Waals surface area (Å²) in [7, 11) is 2.95. The van der Waals surface area contributed by atoms with E-state index in [1.54, 1.807) is 0 Å². The zero-order chi connectivity index (χ0) is 14.1. The third-order valence-corrected chi connectivity index (χ3v) is 2.49. The van der Waals surface area contributed by atoms with E-state index in [0.717, 1.165) is 6.42 Å². The molecule has 0 aliphatic rings. The van der Waals surface area contributed by atoms with Crippen LogP contribution < -0.4 is 10.6 Å². The number of carboxylic acid groups (broad SMARTS) is 1. The lowest BCUT2D eigenvalue weighted by Gasteiger charge is -2.18. The van der Waals surface area contributed by atoms with Crippen LogP contribution in [-0.4, -0.2) is 55.1 Å². The molecule has 7 nitrogen and oxygen atoms in total.